The lowest BCUT2D eigenvalue weighted by atomic mass is 9.89. The molecule has 1 saturated carbocycles. The van der Waals surface area contributed by atoms with Crippen molar-refractivity contribution in [2.45, 2.75) is 50.7 Å². The van der Waals surface area contributed by atoms with E-state index in [4.69, 9.17) is 4.74 Å². The Hall–Kier alpha value is -2.50. The lowest BCUT2D eigenvalue weighted by Crippen LogP contribution is -2.51. The highest BCUT2D eigenvalue weighted by atomic mass is 16.5. The minimum absolute atomic E-state index is 0.0686. The van der Waals surface area contributed by atoms with Gasteiger partial charge in [-0.2, -0.15) is 0 Å². The number of phenols is 1. The molecule has 0 spiro atoms. The van der Waals surface area contributed by atoms with E-state index in [0.29, 0.717) is 5.70 Å². The summed E-state index contributed by atoms with van der Waals surface area (Å²) >= 11 is 0. The number of urea groups is 1. The number of phenolic OH excluding ortho intramolecular Hbond substituents is 1. The van der Waals surface area contributed by atoms with E-state index >= 15 is 0 Å². The monoisotopic (exact) mass is 344 g/mol. The fraction of sp³-hybridized carbons (Fsp3) is 0.474. The van der Waals surface area contributed by atoms with Crippen molar-refractivity contribution in [1.82, 2.24) is 10.6 Å². The number of benzene rings is 1. The van der Waals surface area contributed by atoms with Gasteiger partial charge in [0.25, 0.3) is 0 Å². The van der Waals surface area contributed by atoms with Crippen LogP contribution < -0.4 is 10.6 Å². The third-order valence-corrected chi connectivity index (χ3v) is 4.86. The van der Waals surface area contributed by atoms with Crippen LogP contribution in [0.15, 0.2) is 36.5 Å². The van der Waals surface area contributed by atoms with Crippen LogP contribution in [-0.2, 0) is 9.53 Å². The number of carbonyl (C=O) groups excluding carboxylic acids is 2. The quantitative estimate of drug-likeness (QED) is 0.581. The van der Waals surface area contributed by atoms with Gasteiger partial charge in [-0.3, -0.25) is 4.79 Å². The van der Waals surface area contributed by atoms with E-state index in [0.717, 1.165) is 31.2 Å². The van der Waals surface area contributed by atoms with E-state index in [2.05, 4.69) is 17.2 Å². The summed E-state index contributed by atoms with van der Waals surface area (Å²) in [5.41, 5.74) is 1.05. The predicted octanol–water partition coefficient (Wildman–Crippen LogP) is 3.14. The Kier molecular flexibility index (Phi) is 5.26. The number of rotatable bonds is 3. The molecule has 1 saturated heterocycles. The molecule has 1 heterocycles. The van der Waals surface area contributed by atoms with Crippen molar-refractivity contribution in [3.8, 4) is 5.75 Å². The number of ether oxygens (including phenoxy) is 1. The average molecular weight is 344 g/mol. The minimum Gasteiger partial charge on any atom is -0.508 e. The number of hydrogen-bond donors (Lipinski definition) is 3. The van der Waals surface area contributed by atoms with Gasteiger partial charge in [-0.15, -0.1) is 0 Å². The van der Waals surface area contributed by atoms with Crippen LogP contribution in [0, 0.1) is 5.92 Å². The van der Waals surface area contributed by atoms with Gasteiger partial charge in [0.15, 0.2) is 0 Å². The van der Waals surface area contributed by atoms with Gasteiger partial charge in [0, 0.05) is 5.70 Å². The van der Waals surface area contributed by atoms with Crippen molar-refractivity contribution < 1.29 is 19.4 Å². The fourth-order valence-corrected chi connectivity index (χ4v) is 3.52. The Bertz CT molecular complexity index is 648. The summed E-state index contributed by atoms with van der Waals surface area (Å²) in [5, 5.41) is 14.8. The second-order valence-corrected chi connectivity index (χ2v) is 6.72. The summed E-state index contributed by atoms with van der Waals surface area (Å²) < 4.78 is 5.75. The average Bonchev–Trinajstić information content (AvgIpc) is 2.83. The molecule has 25 heavy (non-hydrogen) atoms. The van der Waals surface area contributed by atoms with Crippen LogP contribution in [0.1, 0.15) is 50.1 Å². The zero-order chi connectivity index (χ0) is 17.8. The van der Waals surface area contributed by atoms with Gasteiger partial charge in [0.2, 0.25) is 0 Å². The third-order valence-electron chi connectivity index (χ3n) is 4.86. The van der Waals surface area contributed by atoms with Gasteiger partial charge in [-0.25, -0.2) is 4.79 Å². The van der Waals surface area contributed by atoms with E-state index in [1.54, 1.807) is 12.1 Å². The minimum atomic E-state index is -0.703. The molecule has 3 rings (SSSR count). The van der Waals surface area contributed by atoms with E-state index in [-0.39, 0.29) is 17.8 Å². The van der Waals surface area contributed by atoms with Crippen molar-refractivity contribution in [1.29, 1.82) is 0 Å². The number of amides is 2. The van der Waals surface area contributed by atoms with Crippen molar-refractivity contribution in [3.05, 3.63) is 42.1 Å². The second kappa shape index (κ2) is 7.59. The van der Waals surface area contributed by atoms with Crippen LogP contribution >= 0.6 is 0 Å². The standard InChI is InChI=1S/C19H24N2O4/c1-12-16(18(23)25-15-6-4-2-3-5-7-15)17(21-19(24)20-12)13-8-10-14(22)11-9-13/h8-11,15-17,22H,1-7H2,(H2,20,21,24). The van der Waals surface area contributed by atoms with Gasteiger partial charge in [-0.1, -0.05) is 31.6 Å². The Balaban J connectivity index is 1.79. The number of carbonyl (C=O) groups is 2. The van der Waals surface area contributed by atoms with E-state index in [9.17, 15) is 14.7 Å². The maximum absolute atomic E-state index is 12.8. The molecule has 1 aromatic rings. The number of hydrogen-bond acceptors (Lipinski definition) is 4. The highest BCUT2D eigenvalue weighted by Gasteiger charge is 2.39. The Morgan fingerprint density at radius 3 is 2.40 bits per heavy atom. The van der Waals surface area contributed by atoms with Crippen molar-refractivity contribution in [2.75, 3.05) is 0 Å². The third kappa shape index (κ3) is 4.13. The fourth-order valence-electron chi connectivity index (χ4n) is 3.52. The first-order chi connectivity index (χ1) is 12.0. The summed E-state index contributed by atoms with van der Waals surface area (Å²) in [6.07, 6.45) is 6.19. The first-order valence-corrected chi connectivity index (χ1v) is 8.80. The molecule has 0 radical (unpaired) electrons. The molecular formula is C19H24N2O4. The molecule has 134 valence electrons. The van der Waals surface area contributed by atoms with Crippen molar-refractivity contribution >= 4 is 12.0 Å². The van der Waals surface area contributed by atoms with Crippen LogP contribution in [0.4, 0.5) is 4.79 Å². The molecule has 2 unspecified atom stereocenters. The summed E-state index contributed by atoms with van der Waals surface area (Å²) in [4.78, 5) is 24.7. The molecule has 1 aromatic carbocycles. The summed E-state index contributed by atoms with van der Waals surface area (Å²) in [7, 11) is 0. The van der Waals surface area contributed by atoms with Crippen LogP contribution in [0.3, 0.4) is 0 Å². The zero-order valence-corrected chi connectivity index (χ0v) is 14.2. The first kappa shape index (κ1) is 17.3. The maximum atomic E-state index is 12.8. The number of esters is 1. The molecule has 1 aliphatic heterocycles. The number of nitrogens with one attached hydrogen (secondary N) is 2. The Morgan fingerprint density at radius 2 is 1.76 bits per heavy atom. The molecule has 0 aromatic heterocycles. The van der Waals surface area contributed by atoms with Gasteiger partial charge in [0.1, 0.15) is 17.8 Å². The maximum Gasteiger partial charge on any atom is 0.319 e. The molecule has 2 fully saturated rings. The second-order valence-electron chi connectivity index (χ2n) is 6.72. The Labute approximate surface area is 147 Å². The highest BCUT2D eigenvalue weighted by Crippen LogP contribution is 2.32. The molecule has 6 heteroatoms. The summed E-state index contributed by atoms with van der Waals surface area (Å²) in [6.45, 7) is 3.85. The van der Waals surface area contributed by atoms with Crippen LogP contribution in [-0.4, -0.2) is 23.2 Å². The molecule has 2 amide bonds. The zero-order valence-electron chi connectivity index (χ0n) is 14.2. The number of aromatic hydroxyl groups is 1. The highest BCUT2D eigenvalue weighted by molar-refractivity contribution is 5.85. The molecule has 0 bridgehead atoms. The van der Waals surface area contributed by atoms with Gasteiger partial charge < -0.3 is 20.5 Å². The lowest BCUT2D eigenvalue weighted by molar-refractivity contribution is -0.154. The molecule has 1 aliphatic carbocycles. The van der Waals surface area contributed by atoms with Crippen molar-refractivity contribution in [2.24, 2.45) is 5.92 Å². The van der Waals surface area contributed by atoms with Crippen LogP contribution in [0.2, 0.25) is 0 Å². The molecule has 2 atom stereocenters. The summed E-state index contributed by atoms with van der Waals surface area (Å²) in [5.74, 6) is -0.951. The van der Waals surface area contributed by atoms with Gasteiger partial charge >= 0.3 is 12.0 Å². The first-order valence-electron chi connectivity index (χ1n) is 8.80. The molecular weight excluding hydrogens is 320 g/mol. The molecule has 2 aliphatic rings. The lowest BCUT2D eigenvalue weighted by Gasteiger charge is -2.34. The van der Waals surface area contributed by atoms with Crippen molar-refractivity contribution in [3.63, 3.8) is 0 Å². The van der Waals surface area contributed by atoms with Gasteiger partial charge in [-0.05, 0) is 43.4 Å². The van der Waals surface area contributed by atoms with Crippen LogP contribution in [0.5, 0.6) is 5.75 Å². The van der Waals surface area contributed by atoms with E-state index in [1.807, 2.05) is 0 Å². The van der Waals surface area contributed by atoms with Crippen LogP contribution in [0.25, 0.3) is 0 Å². The largest absolute Gasteiger partial charge is 0.508 e. The summed E-state index contributed by atoms with van der Waals surface area (Å²) in [6, 6.07) is 5.46. The normalized spacial score (nSPS) is 24.8. The van der Waals surface area contributed by atoms with E-state index in [1.165, 1.54) is 25.0 Å². The van der Waals surface area contributed by atoms with Gasteiger partial charge in [0.05, 0.1) is 6.04 Å². The SMILES string of the molecule is C=C1NC(=O)NC(c2ccc(O)cc2)C1C(=O)OC1CCCCCC1. The topological polar surface area (TPSA) is 87.7 Å². The molecule has 3 N–H and O–H groups in total. The van der Waals surface area contributed by atoms with E-state index < -0.39 is 18.0 Å². The molecule has 6 nitrogen and oxygen atoms in total. The predicted molar refractivity (Wildman–Crippen MR) is 92.7 cm³/mol. The Morgan fingerprint density at radius 1 is 1.12 bits per heavy atom. The smallest absolute Gasteiger partial charge is 0.319 e.